The third-order valence-corrected chi connectivity index (χ3v) is 6.61. The van der Waals surface area contributed by atoms with Crippen LogP contribution in [0, 0.1) is 17.0 Å². The molecule has 0 spiro atoms. The van der Waals surface area contributed by atoms with Gasteiger partial charge >= 0.3 is 0 Å². The van der Waals surface area contributed by atoms with Crippen LogP contribution in [0.15, 0.2) is 47.4 Å². The Kier molecular flexibility index (Phi) is 6.56. The monoisotopic (exact) mass is 391 g/mol. The fourth-order valence-electron chi connectivity index (χ4n) is 2.97. The Labute approximate surface area is 160 Å². The molecule has 0 aliphatic rings. The highest BCUT2D eigenvalue weighted by Gasteiger charge is 2.26. The minimum atomic E-state index is -3.75. The topological polar surface area (TPSA) is 83.8 Å². The molecule has 0 bridgehead atoms. The number of nitrogens with zero attached hydrogens (tertiary/aromatic N) is 3. The smallest absolute Gasteiger partial charge is 0.293 e. The lowest BCUT2D eigenvalue weighted by Crippen LogP contribution is -2.30. The van der Waals surface area contributed by atoms with E-state index in [1.807, 2.05) is 31.2 Å². The van der Waals surface area contributed by atoms with Crippen molar-refractivity contribution in [3.63, 3.8) is 0 Å². The van der Waals surface area contributed by atoms with Crippen molar-refractivity contribution in [3.05, 3.63) is 63.7 Å². The van der Waals surface area contributed by atoms with E-state index < -0.39 is 14.9 Å². The van der Waals surface area contributed by atoms with Gasteiger partial charge < -0.3 is 4.90 Å². The second-order valence-corrected chi connectivity index (χ2v) is 8.22. The summed E-state index contributed by atoms with van der Waals surface area (Å²) in [7, 11) is -2.00. The van der Waals surface area contributed by atoms with E-state index in [4.69, 9.17) is 0 Å². The van der Waals surface area contributed by atoms with E-state index in [9.17, 15) is 18.5 Å². The van der Waals surface area contributed by atoms with Crippen LogP contribution in [0.5, 0.6) is 0 Å². The van der Waals surface area contributed by atoms with E-state index in [0.717, 1.165) is 17.2 Å². The van der Waals surface area contributed by atoms with Crippen LogP contribution < -0.4 is 4.90 Å². The number of nitro groups is 1. The first-order chi connectivity index (χ1) is 12.7. The highest BCUT2D eigenvalue weighted by atomic mass is 32.2. The number of aryl methyl sites for hydroxylation is 1. The van der Waals surface area contributed by atoms with Crippen molar-refractivity contribution in [2.75, 3.05) is 25.0 Å². The fraction of sp³-hybridized carbons (Fsp3) is 0.368. The zero-order valence-corrected chi connectivity index (χ0v) is 16.9. The van der Waals surface area contributed by atoms with Gasteiger partial charge in [-0.25, -0.2) is 8.42 Å². The lowest BCUT2D eigenvalue weighted by Gasteiger charge is -2.22. The lowest BCUT2D eigenvalue weighted by molar-refractivity contribution is -0.384. The maximum absolute atomic E-state index is 12.7. The number of hydrogen-bond acceptors (Lipinski definition) is 5. The molecular formula is C19H25N3O4S. The van der Waals surface area contributed by atoms with Gasteiger partial charge in [-0.15, -0.1) is 0 Å². The van der Waals surface area contributed by atoms with Crippen molar-refractivity contribution in [2.24, 2.45) is 0 Å². The molecule has 0 amide bonds. The largest absolute Gasteiger partial charge is 0.365 e. The maximum atomic E-state index is 12.7. The average molecular weight is 391 g/mol. The third-order valence-electron chi connectivity index (χ3n) is 4.57. The molecule has 2 rings (SSSR count). The maximum Gasteiger partial charge on any atom is 0.293 e. The van der Waals surface area contributed by atoms with Gasteiger partial charge in [0.15, 0.2) is 0 Å². The standard InChI is InChI=1S/C19H25N3O4S/c1-5-21(6-2)27(25,26)17-11-12-18(19(13-17)22(23)24)20(4)14-16-10-8-7-9-15(16)3/h7-13H,5-6,14H2,1-4H3. The minimum Gasteiger partial charge on any atom is -0.365 e. The van der Waals surface area contributed by atoms with Crippen molar-refractivity contribution in [3.8, 4) is 0 Å². The molecule has 0 radical (unpaired) electrons. The minimum absolute atomic E-state index is 0.0639. The summed E-state index contributed by atoms with van der Waals surface area (Å²) in [6, 6.07) is 11.9. The molecule has 7 nitrogen and oxygen atoms in total. The van der Waals surface area contributed by atoms with E-state index >= 15 is 0 Å². The molecule has 0 fully saturated rings. The molecule has 27 heavy (non-hydrogen) atoms. The van der Waals surface area contributed by atoms with Gasteiger partial charge in [-0.3, -0.25) is 10.1 Å². The average Bonchev–Trinajstić information content (AvgIpc) is 2.63. The van der Waals surface area contributed by atoms with Gasteiger partial charge in [0.05, 0.1) is 9.82 Å². The summed E-state index contributed by atoms with van der Waals surface area (Å²) in [6.07, 6.45) is 0. The van der Waals surface area contributed by atoms with Crippen LogP contribution >= 0.6 is 0 Å². The zero-order chi connectivity index (χ0) is 20.2. The summed E-state index contributed by atoms with van der Waals surface area (Å²) in [4.78, 5) is 12.8. The van der Waals surface area contributed by atoms with Gasteiger partial charge in [0.25, 0.3) is 5.69 Å². The lowest BCUT2D eigenvalue weighted by atomic mass is 10.1. The molecular weight excluding hydrogens is 366 g/mol. The number of nitro benzene ring substituents is 1. The van der Waals surface area contributed by atoms with Crippen LogP contribution in [0.1, 0.15) is 25.0 Å². The second-order valence-electron chi connectivity index (χ2n) is 6.28. The Hall–Kier alpha value is -2.45. The van der Waals surface area contributed by atoms with Crippen molar-refractivity contribution >= 4 is 21.4 Å². The van der Waals surface area contributed by atoms with Crippen molar-refractivity contribution in [1.29, 1.82) is 0 Å². The molecule has 2 aromatic carbocycles. The number of hydrogen-bond donors (Lipinski definition) is 0. The van der Waals surface area contributed by atoms with Crippen LogP contribution in [0.25, 0.3) is 0 Å². The summed E-state index contributed by atoms with van der Waals surface area (Å²) < 4.78 is 26.6. The predicted molar refractivity (Wildman–Crippen MR) is 106 cm³/mol. The van der Waals surface area contributed by atoms with E-state index in [-0.39, 0.29) is 10.6 Å². The fourth-order valence-corrected chi connectivity index (χ4v) is 4.45. The summed E-state index contributed by atoms with van der Waals surface area (Å²) >= 11 is 0. The second kappa shape index (κ2) is 8.49. The van der Waals surface area contributed by atoms with Gasteiger partial charge in [-0.1, -0.05) is 38.1 Å². The van der Waals surface area contributed by atoms with E-state index in [0.29, 0.717) is 25.3 Å². The SMILES string of the molecule is CCN(CC)S(=O)(=O)c1ccc(N(C)Cc2ccccc2C)c([N+](=O)[O-])c1. The molecule has 0 aliphatic heterocycles. The van der Waals surface area contributed by atoms with Crippen LogP contribution in [-0.2, 0) is 16.6 Å². The Balaban J connectivity index is 2.44. The van der Waals surface area contributed by atoms with E-state index in [1.165, 1.54) is 16.4 Å². The third kappa shape index (κ3) is 4.45. The molecule has 2 aromatic rings. The van der Waals surface area contributed by atoms with Gasteiger partial charge in [0.1, 0.15) is 5.69 Å². The molecule has 0 saturated carbocycles. The van der Waals surface area contributed by atoms with Crippen LogP contribution in [0.4, 0.5) is 11.4 Å². The molecule has 0 unspecified atom stereocenters. The van der Waals surface area contributed by atoms with Gasteiger partial charge in [-0.05, 0) is 30.2 Å². The first-order valence-electron chi connectivity index (χ1n) is 8.76. The van der Waals surface area contributed by atoms with Crippen LogP contribution in [0.2, 0.25) is 0 Å². The molecule has 146 valence electrons. The van der Waals surface area contributed by atoms with Crippen molar-refractivity contribution in [1.82, 2.24) is 4.31 Å². The van der Waals surface area contributed by atoms with Crippen LogP contribution in [-0.4, -0.2) is 37.8 Å². The predicted octanol–water partition coefficient (Wildman–Crippen LogP) is 3.57. The summed E-state index contributed by atoms with van der Waals surface area (Å²) in [6.45, 7) is 6.55. The van der Waals surface area contributed by atoms with Crippen molar-refractivity contribution < 1.29 is 13.3 Å². The summed E-state index contributed by atoms with van der Waals surface area (Å²) in [5.41, 5.74) is 2.29. The normalized spacial score (nSPS) is 11.6. The molecule has 0 aliphatic carbocycles. The molecule has 0 N–H and O–H groups in total. The molecule has 8 heteroatoms. The highest BCUT2D eigenvalue weighted by molar-refractivity contribution is 7.89. The number of sulfonamides is 1. The Morgan fingerprint density at radius 3 is 2.26 bits per heavy atom. The molecule has 0 aromatic heterocycles. The van der Waals surface area contributed by atoms with E-state index in [2.05, 4.69) is 0 Å². The van der Waals surface area contributed by atoms with Crippen molar-refractivity contribution in [2.45, 2.75) is 32.2 Å². The quantitative estimate of drug-likeness (QED) is 0.507. The van der Waals surface area contributed by atoms with E-state index in [1.54, 1.807) is 25.8 Å². The zero-order valence-electron chi connectivity index (χ0n) is 16.0. The van der Waals surface area contributed by atoms with Gasteiger partial charge in [0, 0.05) is 32.7 Å². The Bertz CT molecular complexity index is 924. The number of rotatable bonds is 8. The Morgan fingerprint density at radius 1 is 1.07 bits per heavy atom. The summed E-state index contributed by atoms with van der Waals surface area (Å²) in [5, 5.41) is 11.6. The number of anilines is 1. The number of benzene rings is 2. The molecule has 0 atom stereocenters. The Morgan fingerprint density at radius 2 is 1.70 bits per heavy atom. The van der Waals surface area contributed by atoms with Crippen LogP contribution in [0.3, 0.4) is 0 Å². The first kappa shape index (κ1) is 20.9. The first-order valence-corrected chi connectivity index (χ1v) is 10.2. The summed E-state index contributed by atoms with van der Waals surface area (Å²) in [5.74, 6) is 0. The van der Waals surface area contributed by atoms with Gasteiger partial charge in [-0.2, -0.15) is 4.31 Å². The molecule has 0 heterocycles. The van der Waals surface area contributed by atoms with Gasteiger partial charge in [0.2, 0.25) is 10.0 Å². The highest BCUT2D eigenvalue weighted by Crippen LogP contribution is 2.32. The molecule has 0 saturated heterocycles.